The minimum absolute atomic E-state index is 0.0119. The van der Waals surface area contributed by atoms with Gasteiger partial charge in [-0.25, -0.2) is 0 Å². The molecule has 0 unspecified atom stereocenters. The topological polar surface area (TPSA) is 53.1 Å². The number of carbonyl (C=O) groups is 2. The lowest BCUT2D eigenvalue weighted by Gasteiger charge is -2.35. The molecule has 1 heterocycles. The van der Waals surface area contributed by atoms with Crippen LogP contribution >= 0.6 is 0 Å². The van der Waals surface area contributed by atoms with E-state index in [1.807, 2.05) is 35.8 Å². The molecule has 0 spiro atoms. The third-order valence-corrected chi connectivity index (χ3v) is 4.47. The average Bonchev–Trinajstić information content (AvgIpc) is 2.62. The van der Waals surface area contributed by atoms with Gasteiger partial charge in [-0.15, -0.1) is 0 Å². The Kier molecular flexibility index (Phi) is 6.61. The predicted octanol–water partition coefficient (Wildman–Crippen LogP) is 1.32. The zero-order valence-corrected chi connectivity index (χ0v) is 14.8. The van der Waals surface area contributed by atoms with Crippen LogP contribution in [0, 0.1) is 0 Å². The summed E-state index contributed by atoms with van der Waals surface area (Å²) in [7, 11) is 1.57. The predicted molar refractivity (Wildman–Crippen MR) is 93.3 cm³/mol. The zero-order chi connectivity index (χ0) is 17.5. The maximum atomic E-state index is 12.7. The van der Waals surface area contributed by atoms with Crippen molar-refractivity contribution in [2.24, 2.45) is 0 Å². The van der Waals surface area contributed by atoms with Gasteiger partial charge in [0.1, 0.15) is 5.75 Å². The quantitative estimate of drug-likeness (QED) is 0.788. The number of likely N-dealkylation sites (N-methyl/N-ethyl adjacent to an activating group) is 1. The fraction of sp³-hybridized carbons (Fsp3) is 0.556. The molecule has 1 aromatic rings. The first-order valence-corrected chi connectivity index (χ1v) is 8.53. The van der Waals surface area contributed by atoms with Gasteiger partial charge in [-0.1, -0.05) is 12.1 Å². The highest BCUT2D eigenvalue weighted by Crippen LogP contribution is 2.20. The lowest BCUT2D eigenvalue weighted by Crippen LogP contribution is -2.51. The highest BCUT2D eigenvalue weighted by atomic mass is 16.5. The summed E-state index contributed by atoms with van der Waals surface area (Å²) in [6.07, 6.45) is 0. The molecule has 6 nitrogen and oxygen atoms in total. The minimum Gasteiger partial charge on any atom is -0.496 e. The summed E-state index contributed by atoms with van der Waals surface area (Å²) in [4.78, 5) is 30.6. The standard InChI is InChI=1S/C18H27N3O3/c1-4-20(5-2)17(22)14-19-10-12-21(13-11-19)18(23)15-8-6-7-9-16(15)24-3/h6-9H,4-5,10-14H2,1-3H3. The van der Waals surface area contributed by atoms with Gasteiger partial charge in [-0.05, 0) is 26.0 Å². The maximum absolute atomic E-state index is 12.7. The molecule has 0 bridgehead atoms. The van der Waals surface area contributed by atoms with Crippen molar-refractivity contribution in [3.63, 3.8) is 0 Å². The molecule has 132 valence electrons. The summed E-state index contributed by atoms with van der Waals surface area (Å²) in [5.41, 5.74) is 0.590. The number of rotatable bonds is 6. The molecule has 0 radical (unpaired) electrons. The number of benzene rings is 1. The summed E-state index contributed by atoms with van der Waals surface area (Å²) in [5, 5.41) is 0. The van der Waals surface area contributed by atoms with E-state index < -0.39 is 0 Å². The zero-order valence-electron chi connectivity index (χ0n) is 14.8. The number of carbonyl (C=O) groups excluding carboxylic acids is 2. The molecule has 0 aromatic heterocycles. The molecule has 24 heavy (non-hydrogen) atoms. The molecule has 2 rings (SSSR count). The van der Waals surface area contributed by atoms with Gasteiger partial charge < -0.3 is 14.5 Å². The van der Waals surface area contributed by atoms with Crippen LogP contribution in [0.25, 0.3) is 0 Å². The first-order valence-electron chi connectivity index (χ1n) is 8.53. The first kappa shape index (κ1) is 18.3. The minimum atomic E-state index is -0.0119. The number of ether oxygens (including phenoxy) is 1. The van der Waals surface area contributed by atoms with Crippen molar-refractivity contribution < 1.29 is 14.3 Å². The lowest BCUT2D eigenvalue weighted by molar-refractivity contribution is -0.132. The number of amides is 2. The summed E-state index contributed by atoms with van der Waals surface area (Å²) in [5.74, 6) is 0.744. The molecule has 0 N–H and O–H groups in total. The highest BCUT2D eigenvalue weighted by molar-refractivity contribution is 5.97. The number of hydrogen-bond donors (Lipinski definition) is 0. The van der Waals surface area contributed by atoms with Gasteiger partial charge in [0.05, 0.1) is 19.2 Å². The monoisotopic (exact) mass is 333 g/mol. The van der Waals surface area contributed by atoms with Crippen LogP contribution in [-0.2, 0) is 4.79 Å². The van der Waals surface area contributed by atoms with E-state index in [2.05, 4.69) is 4.90 Å². The van der Waals surface area contributed by atoms with Crippen molar-refractivity contribution in [3.8, 4) is 5.75 Å². The van der Waals surface area contributed by atoms with Crippen LogP contribution in [-0.4, -0.2) is 79.4 Å². The van der Waals surface area contributed by atoms with E-state index in [1.54, 1.807) is 19.2 Å². The molecule has 0 atom stereocenters. The Morgan fingerprint density at radius 1 is 1.08 bits per heavy atom. The van der Waals surface area contributed by atoms with Gasteiger partial charge in [-0.3, -0.25) is 14.5 Å². The van der Waals surface area contributed by atoms with Crippen LogP contribution in [0.1, 0.15) is 24.2 Å². The van der Waals surface area contributed by atoms with Gasteiger partial charge in [0.25, 0.3) is 5.91 Å². The Morgan fingerprint density at radius 2 is 1.71 bits per heavy atom. The summed E-state index contributed by atoms with van der Waals surface area (Å²) < 4.78 is 5.27. The Morgan fingerprint density at radius 3 is 2.29 bits per heavy atom. The molecule has 1 aliphatic heterocycles. The van der Waals surface area contributed by atoms with Crippen molar-refractivity contribution in [2.45, 2.75) is 13.8 Å². The fourth-order valence-corrected chi connectivity index (χ4v) is 2.97. The molecule has 1 aromatic carbocycles. The maximum Gasteiger partial charge on any atom is 0.257 e. The average molecular weight is 333 g/mol. The number of nitrogens with zero attached hydrogens (tertiary/aromatic N) is 3. The summed E-state index contributed by atoms with van der Waals surface area (Å²) >= 11 is 0. The second-order valence-electron chi connectivity index (χ2n) is 5.83. The van der Waals surface area contributed by atoms with Crippen molar-refractivity contribution in [1.82, 2.24) is 14.7 Å². The van der Waals surface area contributed by atoms with Crippen molar-refractivity contribution >= 4 is 11.8 Å². The van der Waals surface area contributed by atoms with Crippen molar-refractivity contribution in [1.29, 1.82) is 0 Å². The third kappa shape index (κ3) is 4.26. The van der Waals surface area contributed by atoms with Gasteiger partial charge in [0.15, 0.2) is 0 Å². The van der Waals surface area contributed by atoms with Crippen LogP contribution in [0.2, 0.25) is 0 Å². The SMILES string of the molecule is CCN(CC)C(=O)CN1CCN(C(=O)c2ccccc2OC)CC1. The van der Waals surface area contributed by atoms with E-state index in [9.17, 15) is 9.59 Å². The van der Waals surface area contributed by atoms with E-state index in [-0.39, 0.29) is 11.8 Å². The lowest BCUT2D eigenvalue weighted by atomic mass is 10.1. The molecule has 1 saturated heterocycles. The molecular weight excluding hydrogens is 306 g/mol. The number of para-hydroxylation sites is 1. The number of methoxy groups -OCH3 is 1. The normalized spacial score (nSPS) is 15.2. The first-order chi connectivity index (χ1) is 11.6. The van der Waals surface area contributed by atoms with Gasteiger partial charge in [-0.2, -0.15) is 0 Å². The van der Waals surface area contributed by atoms with Crippen molar-refractivity contribution in [2.75, 3.05) is 52.9 Å². The van der Waals surface area contributed by atoms with Crippen LogP contribution in [0.5, 0.6) is 5.75 Å². The highest BCUT2D eigenvalue weighted by Gasteiger charge is 2.25. The third-order valence-electron chi connectivity index (χ3n) is 4.47. The van der Waals surface area contributed by atoms with E-state index in [0.29, 0.717) is 44.0 Å². The second kappa shape index (κ2) is 8.68. The van der Waals surface area contributed by atoms with E-state index in [4.69, 9.17) is 4.74 Å². The Hall–Kier alpha value is -2.08. The molecule has 1 fully saturated rings. The Labute approximate surface area is 144 Å². The molecule has 0 aliphatic carbocycles. The van der Waals surface area contributed by atoms with Crippen LogP contribution in [0.4, 0.5) is 0 Å². The Balaban J connectivity index is 1.90. The smallest absolute Gasteiger partial charge is 0.257 e. The molecular formula is C18H27N3O3. The van der Waals surface area contributed by atoms with Gasteiger partial charge >= 0.3 is 0 Å². The fourth-order valence-electron chi connectivity index (χ4n) is 2.97. The van der Waals surface area contributed by atoms with E-state index >= 15 is 0 Å². The van der Waals surface area contributed by atoms with Crippen LogP contribution in [0.15, 0.2) is 24.3 Å². The van der Waals surface area contributed by atoms with E-state index in [1.165, 1.54) is 0 Å². The largest absolute Gasteiger partial charge is 0.496 e. The van der Waals surface area contributed by atoms with Gasteiger partial charge in [0.2, 0.25) is 5.91 Å². The van der Waals surface area contributed by atoms with Crippen molar-refractivity contribution in [3.05, 3.63) is 29.8 Å². The molecule has 2 amide bonds. The van der Waals surface area contributed by atoms with Crippen LogP contribution in [0.3, 0.4) is 0 Å². The number of hydrogen-bond acceptors (Lipinski definition) is 4. The Bertz CT molecular complexity index is 564. The van der Waals surface area contributed by atoms with Gasteiger partial charge in [0, 0.05) is 39.3 Å². The van der Waals surface area contributed by atoms with Crippen LogP contribution < -0.4 is 4.74 Å². The molecule has 1 aliphatic rings. The summed E-state index contributed by atoms with van der Waals surface area (Å²) in [6.45, 7) is 8.57. The second-order valence-corrected chi connectivity index (χ2v) is 5.83. The van der Waals surface area contributed by atoms with E-state index in [0.717, 1.165) is 13.1 Å². The molecule has 0 saturated carbocycles. The summed E-state index contributed by atoms with van der Waals surface area (Å²) in [6, 6.07) is 7.28. The molecule has 6 heteroatoms. The number of piperazine rings is 1.